The monoisotopic (exact) mass is 331 g/mol. The molecular weight excluding hydrogens is 302 g/mol. The Balaban J connectivity index is 1.42. The molecule has 3 rings (SSSR count). The molecule has 0 radical (unpaired) electrons. The zero-order chi connectivity index (χ0) is 16.8. The van der Waals surface area contributed by atoms with Gasteiger partial charge in [-0.25, -0.2) is 0 Å². The third-order valence-electron chi connectivity index (χ3n) is 5.51. The standard InChI is InChI=1S/C20H29NO3/c1-23-18-10-15-24-20(16-18)11-13-21(14-12-20)19(22)9-5-8-17-6-3-2-4-7-17/h2-4,6-7,18H,5,8-16H2,1H3. The van der Waals surface area contributed by atoms with Gasteiger partial charge in [-0.15, -0.1) is 0 Å². The zero-order valence-corrected chi connectivity index (χ0v) is 14.7. The van der Waals surface area contributed by atoms with E-state index < -0.39 is 0 Å². The Bertz CT molecular complexity index is 523. The van der Waals surface area contributed by atoms with Crippen molar-refractivity contribution < 1.29 is 14.3 Å². The van der Waals surface area contributed by atoms with Crippen LogP contribution in [0.5, 0.6) is 0 Å². The summed E-state index contributed by atoms with van der Waals surface area (Å²) in [6.45, 7) is 2.42. The third-order valence-corrected chi connectivity index (χ3v) is 5.51. The lowest BCUT2D eigenvalue weighted by Gasteiger charge is -2.45. The van der Waals surface area contributed by atoms with E-state index in [1.54, 1.807) is 7.11 Å². The number of amides is 1. The molecule has 4 heteroatoms. The van der Waals surface area contributed by atoms with Gasteiger partial charge in [-0.1, -0.05) is 30.3 Å². The highest BCUT2D eigenvalue weighted by Gasteiger charge is 2.41. The minimum atomic E-state index is -0.0558. The molecule has 0 aliphatic carbocycles. The Morgan fingerprint density at radius 1 is 1.29 bits per heavy atom. The lowest BCUT2D eigenvalue weighted by atomic mass is 9.83. The quantitative estimate of drug-likeness (QED) is 0.832. The van der Waals surface area contributed by atoms with Gasteiger partial charge in [0.05, 0.1) is 11.7 Å². The summed E-state index contributed by atoms with van der Waals surface area (Å²) in [6.07, 6.45) is 6.69. The number of likely N-dealkylation sites (tertiary alicyclic amines) is 1. The van der Waals surface area contributed by atoms with Gasteiger partial charge in [-0.2, -0.15) is 0 Å². The fourth-order valence-corrected chi connectivity index (χ4v) is 3.94. The van der Waals surface area contributed by atoms with E-state index in [4.69, 9.17) is 9.47 Å². The van der Waals surface area contributed by atoms with Crippen molar-refractivity contribution in [2.45, 2.75) is 56.7 Å². The van der Waals surface area contributed by atoms with Gasteiger partial charge < -0.3 is 14.4 Å². The van der Waals surface area contributed by atoms with Gasteiger partial charge in [0.15, 0.2) is 0 Å². The van der Waals surface area contributed by atoms with Crippen molar-refractivity contribution in [1.29, 1.82) is 0 Å². The van der Waals surface area contributed by atoms with Gasteiger partial charge in [0.25, 0.3) is 0 Å². The summed E-state index contributed by atoms with van der Waals surface area (Å²) in [4.78, 5) is 14.5. The molecular formula is C20H29NO3. The van der Waals surface area contributed by atoms with Gasteiger partial charge in [-0.3, -0.25) is 4.79 Å². The fourth-order valence-electron chi connectivity index (χ4n) is 3.94. The molecule has 1 atom stereocenters. The SMILES string of the molecule is COC1CCOC2(CCN(C(=O)CCCc3ccccc3)CC2)C1. The first-order valence-corrected chi connectivity index (χ1v) is 9.19. The van der Waals surface area contributed by atoms with Gasteiger partial charge in [0, 0.05) is 39.6 Å². The number of hydrogen-bond acceptors (Lipinski definition) is 3. The number of hydrogen-bond donors (Lipinski definition) is 0. The molecule has 1 aromatic rings. The number of benzene rings is 1. The lowest BCUT2D eigenvalue weighted by Crippen LogP contribution is -2.51. The highest BCUT2D eigenvalue weighted by molar-refractivity contribution is 5.76. The minimum absolute atomic E-state index is 0.0558. The molecule has 1 amide bonds. The summed E-state index contributed by atoms with van der Waals surface area (Å²) < 4.78 is 11.6. The van der Waals surface area contributed by atoms with E-state index in [0.29, 0.717) is 18.4 Å². The average molecular weight is 331 g/mol. The Morgan fingerprint density at radius 2 is 2.04 bits per heavy atom. The Hall–Kier alpha value is -1.39. The van der Waals surface area contributed by atoms with Crippen molar-refractivity contribution in [3.8, 4) is 0 Å². The molecule has 0 aromatic heterocycles. The molecule has 1 spiro atoms. The van der Waals surface area contributed by atoms with Crippen LogP contribution in [0.15, 0.2) is 30.3 Å². The number of nitrogens with zero attached hydrogens (tertiary/aromatic N) is 1. The zero-order valence-electron chi connectivity index (χ0n) is 14.7. The normalized spacial score (nSPS) is 23.4. The topological polar surface area (TPSA) is 38.8 Å². The van der Waals surface area contributed by atoms with Crippen molar-refractivity contribution in [2.24, 2.45) is 0 Å². The number of aryl methyl sites for hydroxylation is 1. The molecule has 2 aliphatic rings. The van der Waals surface area contributed by atoms with Crippen molar-refractivity contribution in [3.05, 3.63) is 35.9 Å². The van der Waals surface area contributed by atoms with Crippen LogP contribution in [0.4, 0.5) is 0 Å². The van der Waals surface area contributed by atoms with Gasteiger partial charge in [0.1, 0.15) is 0 Å². The molecule has 132 valence electrons. The van der Waals surface area contributed by atoms with Crippen LogP contribution in [0, 0.1) is 0 Å². The van der Waals surface area contributed by atoms with Crippen molar-refractivity contribution in [1.82, 2.24) is 4.90 Å². The second-order valence-electron chi connectivity index (χ2n) is 7.10. The van der Waals surface area contributed by atoms with Crippen LogP contribution in [0.3, 0.4) is 0 Å². The maximum Gasteiger partial charge on any atom is 0.222 e. The van der Waals surface area contributed by atoms with Gasteiger partial charge >= 0.3 is 0 Å². The number of methoxy groups -OCH3 is 1. The molecule has 2 aliphatic heterocycles. The number of piperidine rings is 1. The first kappa shape index (κ1) is 17.4. The molecule has 2 saturated heterocycles. The van der Waals surface area contributed by atoms with Crippen molar-refractivity contribution in [3.63, 3.8) is 0 Å². The highest BCUT2D eigenvalue weighted by Crippen LogP contribution is 2.36. The molecule has 0 N–H and O–H groups in total. The van der Waals surface area contributed by atoms with Crippen molar-refractivity contribution >= 4 is 5.91 Å². The lowest BCUT2D eigenvalue weighted by molar-refractivity contribution is -0.157. The van der Waals surface area contributed by atoms with E-state index in [1.807, 2.05) is 11.0 Å². The molecule has 0 bridgehead atoms. The van der Waals surface area contributed by atoms with Crippen LogP contribution in [0.2, 0.25) is 0 Å². The van der Waals surface area contributed by atoms with Crippen LogP contribution in [-0.2, 0) is 20.7 Å². The molecule has 24 heavy (non-hydrogen) atoms. The summed E-state index contributed by atoms with van der Waals surface area (Å²) >= 11 is 0. The maximum atomic E-state index is 12.4. The number of carbonyl (C=O) groups is 1. The minimum Gasteiger partial charge on any atom is -0.381 e. The molecule has 2 heterocycles. The highest BCUT2D eigenvalue weighted by atomic mass is 16.5. The average Bonchev–Trinajstić information content (AvgIpc) is 2.63. The number of rotatable bonds is 5. The smallest absolute Gasteiger partial charge is 0.222 e. The summed E-state index contributed by atoms with van der Waals surface area (Å²) in [6, 6.07) is 10.4. The van der Waals surface area contributed by atoms with Crippen LogP contribution < -0.4 is 0 Å². The molecule has 1 aromatic carbocycles. The molecule has 1 unspecified atom stereocenters. The Labute approximate surface area is 145 Å². The van der Waals surface area contributed by atoms with E-state index in [1.165, 1.54) is 5.56 Å². The molecule has 4 nitrogen and oxygen atoms in total. The summed E-state index contributed by atoms with van der Waals surface area (Å²) in [7, 11) is 1.79. The van der Waals surface area contributed by atoms with Gasteiger partial charge in [-0.05, 0) is 37.7 Å². The van der Waals surface area contributed by atoms with Crippen LogP contribution in [0.1, 0.15) is 44.1 Å². The van der Waals surface area contributed by atoms with E-state index in [2.05, 4.69) is 24.3 Å². The van der Waals surface area contributed by atoms with E-state index >= 15 is 0 Å². The van der Waals surface area contributed by atoms with Crippen LogP contribution in [-0.4, -0.2) is 49.3 Å². The molecule has 2 fully saturated rings. The van der Waals surface area contributed by atoms with Crippen LogP contribution in [0.25, 0.3) is 0 Å². The predicted octanol–water partition coefficient (Wildman–Crippen LogP) is 3.20. The second-order valence-corrected chi connectivity index (χ2v) is 7.10. The van der Waals surface area contributed by atoms with Crippen molar-refractivity contribution in [2.75, 3.05) is 26.8 Å². The first-order valence-electron chi connectivity index (χ1n) is 9.19. The van der Waals surface area contributed by atoms with Gasteiger partial charge in [0.2, 0.25) is 5.91 Å². The molecule has 0 saturated carbocycles. The Kier molecular flexibility index (Phi) is 5.90. The van der Waals surface area contributed by atoms with E-state index in [-0.39, 0.29) is 5.60 Å². The largest absolute Gasteiger partial charge is 0.381 e. The Morgan fingerprint density at radius 3 is 2.75 bits per heavy atom. The van der Waals surface area contributed by atoms with Crippen LogP contribution >= 0.6 is 0 Å². The number of ether oxygens (including phenoxy) is 2. The fraction of sp³-hybridized carbons (Fsp3) is 0.650. The third kappa shape index (κ3) is 4.37. The summed E-state index contributed by atoms with van der Waals surface area (Å²) in [5.41, 5.74) is 1.25. The first-order chi connectivity index (χ1) is 11.7. The maximum absolute atomic E-state index is 12.4. The van der Waals surface area contributed by atoms with E-state index in [0.717, 1.165) is 58.2 Å². The summed E-state index contributed by atoms with van der Waals surface area (Å²) in [5.74, 6) is 0.292. The number of carbonyl (C=O) groups excluding carboxylic acids is 1. The predicted molar refractivity (Wildman–Crippen MR) is 93.9 cm³/mol. The second kappa shape index (κ2) is 8.13. The van der Waals surface area contributed by atoms with E-state index in [9.17, 15) is 4.79 Å². The summed E-state index contributed by atoms with van der Waals surface area (Å²) in [5, 5.41) is 0.